The van der Waals surface area contributed by atoms with Crippen molar-refractivity contribution in [2.45, 2.75) is 30.0 Å². The van der Waals surface area contributed by atoms with Crippen molar-refractivity contribution in [1.82, 2.24) is 5.32 Å². The zero-order chi connectivity index (χ0) is 18.7. The van der Waals surface area contributed by atoms with Crippen molar-refractivity contribution >= 4 is 29.3 Å². The van der Waals surface area contributed by atoms with E-state index in [1.165, 1.54) is 11.8 Å². The molecule has 1 aliphatic rings. The first kappa shape index (κ1) is 18.3. The first-order valence-corrected chi connectivity index (χ1v) is 9.32. The number of para-hydroxylation sites is 1. The highest BCUT2D eigenvalue weighted by atomic mass is 32.2. The molecule has 0 fully saturated rings. The molecule has 0 saturated carbocycles. The molecule has 2 amide bonds. The lowest BCUT2D eigenvalue weighted by Gasteiger charge is -2.38. The van der Waals surface area contributed by atoms with E-state index in [9.17, 15) is 9.59 Å². The third-order valence-corrected chi connectivity index (χ3v) is 5.82. The van der Waals surface area contributed by atoms with Crippen LogP contribution in [0.25, 0.3) is 0 Å². The normalized spacial score (nSPS) is 19.0. The SMILES string of the molecule is CCN1C(=O)C(C)(C(=O)NCc2ccc(OC)cc2)Sc2ccccc21. The number of hydrogen-bond acceptors (Lipinski definition) is 4. The van der Waals surface area contributed by atoms with Crippen molar-refractivity contribution in [2.75, 3.05) is 18.6 Å². The van der Waals surface area contributed by atoms with Gasteiger partial charge in [0.05, 0.1) is 12.8 Å². The zero-order valence-corrected chi connectivity index (χ0v) is 15.9. The Kier molecular flexibility index (Phi) is 5.23. The topological polar surface area (TPSA) is 58.6 Å². The van der Waals surface area contributed by atoms with Crippen LogP contribution in [-0.2, 0) is 16.1 Å². The van der Waals surface area contributed by atoms with E-state index >= 15 is 0 Å². The van der Waals surface area contributed by atoms with Gasteiger partial charge in [-0.2, -0.15) is 0 Å². The number of nitrogens with zero attached hydrogens (tertiary/aromatic N) is 1. The van der Waals surface area contributed by atoms with Gasteiger partial charge in [0.25, 0.3) is 5.91 Å². The van der Waals surface area contributed by atoms with E-state index in [2.05, 4.69) is 5.32 Å². The maximum atomic E-state index is 13.0. The summed E-state index contributed by atoms with van der Waals surface area (Å²) in [6.07, 6.45) is 0. The predicted molar refractivity (Wildman–Crippen MR) is 104 cm³/mol. The Morgan fingerprint density at radius 1 is 1.19 bits per heavy atom. The second-order valence-corrected chi connectivity index (χ2v) is 7.64. The first-order chi connectivity index (χ1) is 12.5. The first-order valence-electron chi connectivity index (χ1n) is 8.51. The molecule has 0 aliphatic carbocycles. The van der Waals surface area contributed by atoms with Crippen LogP contribution in [0.4, 0.5) is 5.69 Å². The monoisotopic (exact) mass is 370 g/mol. The van der Waals surface area contributed by atoms with Crippen LogP contribution in [0.2, 0.25) is 0 Å². The van der Waals surface area contributed by atoms with Crippen LogP contribution >= 0.6 is 11.8 Å². The Morgan fingerprint density at radius 3 is 2.54 bits per heavy atom. The number of anilines is 1. The summed E-state index contributed by atoms with van der Waals surface area (Å²) in [5, 5.41) is 2.90. The van der Waals surface area contributed by atoms with E-state index in [1.54, 1.807) is 18.9 Å². The van der Waals surface area contributed by atoms with Gasteiger partial charge in [0.2, 0.25) is 5.91 Å². The summed E-state index contributed by atoms with van der Waals surface area (Å²) in [5.41, 5.74) is 1.81. The third kappa shape index (κ3) is 3.29. The summed E-state index contributed by atoms with van der Waals surface area (Å²) in [4.78, 5) is 28.5. The molecule has 0 radical (unpaired) electrons. The Morgan fingerprint density at radius 2 is 1.88 bits per heavy atom. The molecule has 0 saturated heterocycles. The second kappa shape index (κ2) is 7.41. The largest absolute Gasteiger partial charge is 0.497 e. The molecule has 0 aromatic heterocycles. The quantitative estimate of drug-likeness (QED) is 0.821. The number of nitrogens with one attached hydrogen (secondary N) is 1. The van der Waals surface area contributed by atoms with Crippen molar-refractivity contribution < 1.29 is 14.3 Å². The van der Waals surface area contributed by atoms with Crippen LogP contribution in [-0.4, -0.2) is 30.2 Å². The van der Waals surface area contributed by atoms with Crippen LogP contribution in [0.5, 0.6) is 5.75 Å². The molecule has 0 bridgehead atoms. The van der Waals surface area contributed by atoms with Crippen molar-refractivity contribution in [3.63, 3.8) is 0 Å². The van der Waals surface area contributed by atoms with Crippen molar-refractivity contribution in [2.24, 2.45) is 0 Å². The molecule has 136 valence electrons. The van der Waals surface area contributed by atoms with E-state index in [-0.39, 0.29) is 11.8 Å². The molecule has 1 unspecified atom stereocenters. The van der Waals surface area contributed by atoms with Crippen LogP contribution in [0.15, 0.2) is 53.4 Å². The number of ether oxygens (including phenoxy) is 1. The molecule has 6 heteroatoms. The summed E-state index contributed by atoms with van der Waals surface area (Å²) in [6.45, 7) is 4.50. The minimum atomic E-state index is -1.18. The fraction of sp³-hybridized carbons (Fsp3) is 0.300. The summed E-state index contributed by atoms with van der Waals surface area (Å²) < 4.78 is 3.95. The van der Waals surface area contributed by atoms with Crippen molar-refractivity contribution in [3.8, 4) is 5.75 Å². The van der Waals surface area contributed by atoms with E-state index in [4.69, 9.17) is 4.74 Å². The molecule has 1 N–H and O–H groups in total. The van der Waals surface area contributed by atoms with E-state index < -0.39 is 4.75 Å². The highest BCUT2D eigenvalue weighted by molar-refractivity contribution is 8.02. The van der Waals surface area contributed by atoms with Gasteiger partial charge in [-0.1, -0.05) is 36.0 Å². The van der Waals surface area contributed by atoms with Gasteiger partial charge in [0, 0.05) is 18.0 Å². The van der Waals surface area contributed by atoms with Gasteiger partial charge in [-0.3, -0.25) is 9.59 Å². The Balaban J connectivity index is 1.78. The molecule has 1 heterocycles. The highest BCUT2D eigenvalue weighted by Crippen LogP contribution is 2.45. The summed E-state index contributed by atoms with van der Waals surface area (Å²) >= 11 is 1.31. The third-order valence-electron chi connectivity index (χ3n) is 4.49. The van der Waals surface area contributed by atoms with E-state index in [0.717, 1.165) is 21.9 Å². The number of fused-ring (bicyclic) bond motifs is 1. The molecular formula is C20H22N2O3S. The molecule has 1 atom stereocenters. The standard InChI is InChI=1S/C20H22N2O3S/c1-4-22-16-7-5-6-8-17(16)26-20(2,19(22)24)18(23)21-13-14-9-11-15(25-3)12-10-14/h5-12H,4,13H2,1-3H3,(H,21,23). The van der Waals surface area contributed by atoms with Crippen LogP contribution < -0.4 is 15.0 Å². The number of benzene rings is 2. The molecular weight excluding hydrogens is 348 g/mol. The Labute approximate surface area is 157 Å². The van der Waals surface area contributed by atoms with Gasteiger partial charge >= 0.3 is 0 Å². The fourth-order valence-electron chi connectivity index (χ4n) is 2.95. The number of carbonyl (C=O) groups excluding carboxylic acids is 2. The summed E-state index contributed by atoms with van der Waals surface area (Å²) in [6, 6.07) is 15.2. The average Bonchev–Trinajstić information content (AvgIpc) is 2.67. The molecule has 1 aliphatic heterocycles. The van der Waals surface area contributed by atoms with E-state index in [1.807, 2.05) is 55.5 Å². The minimum absolute atomic E-state index is 0.184. The maximum Gasteiger partial charge on any atom is 0.252 e. The molecule has 3 rings (SSSR count). The number of methoxy groups -OCH3 is 1. The highest BCUT2D eigenvalue weighted by Gasteiger charge is 2.48. The van der Waals surface area contributed by atoms with Crippen LogP contribution in [0, 0.1) is 0 Å². The second-order valence-electron chi connectivity index (χ2n) is 6.18. The molecule has 2 aromatic carbocycles. The van der Waals surface area contributed by atoms with Gasteiger partial charge in [-0.15, -0.1) is 0 Å². The van der Waals surface area contributed by atoms with Gasteiger partial charge in [0.15, 0.2) is 4.75 Å². The summed E-state index contributed by atoms with van der Waals surface area (Å²) in [5.74, 6) is 0.299. The maximum absolute atomic E-state index is 13.0. The van der Waals surface area contributed by atoms with Gasteiger partial charge < -0.3 is 15.0 Å². The number of hydrogen-bond donors (Lipinski definition) is 1. The lowest BCUT2D eigenvalue weighted by molar-refractivity contribution is -0.131. The van der Waals surface area contributed by atoms with Crippen LogP contribution in [0.3, 0.4) is 0 Å². The average molecular weight is 370 g/mol. The lowest BCUT2D eigenvalue weighted by atomic mass is 10.1. The lowest BCUT2D eigenvalue weighted by Crippen LogP contribution is -2.56. The van der Waals surface area contributed by atoms with Gasteiger partial charge in [0.1, 0.15) is 5.75 Å². The van der Waals surface area contributed by atoms with Gasteiger partial charge in [-0.05, 0) is 43.7 Å². The Hall–Kier alpha value is -2.47. The Bertz CT molecular complexity index is 822. The zero-order valence-electron chi connectivity index (χ0n) is 15.1. The number of carbonyl (C=O) groups is 2. The smallest absolute Gasteiger partial charge is 0.252 e. The summed E-state index contributed by atoms with van der Waals surface area (Å²) in [7, 11) is 1.61. The fourth-order valence-corrected chi connectivity index (χ4v) is 4.18. The van der Waals surface area contributed by atoms with E-state index in [0.29, 0.717) is 13.1 Å². The minimum Gasteiger partial charge on any atom is -0.497 e. The number of thioether (sulfide) groups is 1. The van der Waals surface area contributed by atoms with Crippen LogP contribution in [0.1, 0.15) is 19.4 Å². The molecule has 5 nitrogen and oxygen atoms in total. The van der Waals surface area contributed by atoms with Crippen molar-refractivity contribution in [1.29, 1.82) is 0 Å². The molecule has 2 aromatic rings. The number of amides is 2. The number of rotatable bonds is 5. The molecule has 26 heavy (non-hydrogen) atoms. The van der Waals surface area contributed by atoms with Crippen molar-refractivity contribution in [3.05, 3.63) is 54.1 Å². The predicted octanol–water partition coefficient (Wildman–Crippen LogP) is 3.23. The van der Waals surface area contributed by atoms with Gasteiger partial charge in [-0.25, -0.2) is 0 Å². The molecule has 0 spiro atoms.